The fourth-order valence-corrected chi connectivity index (χ4v) is 1.84. The normalized spacial score (nSPS) is 28.9. The van der Waals surface area contributed by atoms with Crippen molar-refractivity contribution >= 4 is 5.69 Å². The van der Waals surface area contributed by atoms with Gasteiger partial charge < -0.3 is 25.4 Å². The molecule has 3 atom stereocenters. The van der Waals surface area contributed by atoms with Crippen molar-refractivity contribution in [3.63, 3.8) is 0 Å². The van der Waals surface area contributed by atoms with Gasteiger partial charge in [-0.1, -0.05) is 0 Å². The van der Waals surface area contributed by atoms with Crippen LogP contribution in [0, 0.1) is 0 Å². The Morgan fingerprint density at radius 2 is 2.00 bits per heavy atom. The van der Waals surface area contributed by atoms with Gasteiger partial charge in [-0.25, -0.2) is 0 Å². The highest BCUT2D eigenvalue weighted by atomic mass is 16.7. The van der Waals surface area contributed by atoms with Crippen molar-refractivity contribution < 1.29 is 19.7 Å². The molecule has 0 bridgehead atoms. The lowest BCUT2D eigenvalue weighted by Gasteiger charge is -2.32. The van der Waals surface area contributed by atoms with Gasteiger partial charge in [0.05, 0.1) is 18.8 Å². The molecule has 1 unspecified atom stereocenters. The maximum absolute atomic E-state index is 9.61. The second kappa shape index (κ2) is 5.35. The highest BCUT2D eigenvalue weighted by Crippen LogP contribution is 2.23. The molecule has 4 N–H and O–H groups in total. The second-order valence-corrected chi connectivity index (χ2v) is 4.18. The summed E-state index contributed by atoms with van der Waals surface area (Å²) in [6.45, 7) is -0.112. The molecule has 1 aliphatic rings. The SMILES string of the molecule is Nc1ccc(O[C@H]2CC(O)C[C@@H](CO)O2)cc1. The van der Waals surface area contributed by atoms with E-state index in [1.807, 2.05) is 0 Å². The second-order valence-electron chi connectivity index (χ2n) is 4.18. The molecule has 0 aromatic heterocycles. The number of aliphatic hydroxyl groups is 2. The number of hydrogen-bond acceptors (Lipinski definition) is 5. The number of ether oxygens (including phenoxy) is 2. The minimum absolute atomic E-state index is 0.112. The lowest BCUT2D eigenvalue weighted by atomic mass is 10.1. The summed E-state index contributed by atoms with van der Waals surface area (Å²) in [4.78, 5) is 0. The van der Waals surface area contributed by atoms with Crippen LogP contribution in [0.4, 0.5) is 5.69 Å². The topological polar surface area (TPSA) is 84.9 Å². The van der Waals surface area contributed by atoms with E-state index in [1.165, 1.54) is 0 Å². The molecule has 1 aliphatic heterocycles. The van der Waals surface area contributed by atoms with Crippen molar-refractivity contribution in [1.29, 1.82) is 0 Å². The van der Waals surface area contributed by atoms with Crippen LogP contribution in [0.15, 0.2) is 24.3 Å². The van der Waals surface area contributed by atoms with Crippen molar-refractivity contribution in [2.45, 2.75) is 31.3 Å². The van der Waals surface area contributed by atoms with Gasteiger partial charge in [-0.15, -0.1) is 0 Å². The molecular weight excluding hydrogens is 222 g/mol. The fourth-order valence-electron chi connectivity index (χ4n) is 1.84. The molecule has 1 heterocycles. The minimum atomic E-state index is -0.528. The van der Waals surface area contributed by atoms with Crippen LogP contribution in [0.5, 0.6) is 5.75 Å². The Kier molecular flexibility index (Phi) is 3.83. The van der Waals surface area contributed by atoms with Crippen LogP contribution >= 0.6 is 0 Å². The van der Waals surface area contributed by atoms with Crippen LogP contribution in [0.1, 0.15) is 12.8 Å². The van der Waals surface area contributed by atoms with Crippen molar-refractivity contribution in [2.75, 3.05) is 12.3 Å². The fraction of sp³-hybridized carbons (Fsp3) is 0.500. The number of hydrogen-bond donors (Lipinski definition) is 3. The van der Waals surface area contributed by atoms with Gasteiger partial charge in [0, 0.05) is 18.5 Å². The number of anilines is 1. The van der Waals surface area contributed by atoms with Crippen LogP contribution in [0.2, 0.25) is 0 Å². The summed E-state index contributed by atoms with van der Waals surface area (Å²) in [6.07, 6.45) is -0.546. The molecule has 17 heavy (non-hydrogen) atoms. The van der Waals surface area contributed by atoms with E-state index in [0.29, 0.717) is 24.3 Å². The minimum Gasteiger partial charge on any atom is -0.465 e. The first-order chi connectivity index (χ1) is 8.17. The van der Waals surface area contributed by atoms with E-state index in [0.717, 1.165) is 0 Å². The zero-order valence-corrected chi connectivity index (χ0v) is 9.45. The molecule has 1 fully saturated rings. The molecule has 2 rings (SSSR count). The summed E-state index contributed by atoms with van der Waals surface area (Å²) in [6, 6.07) is 6.96. The number of rotatable bonds is 3. The van der Waals surface area contributed by atoms with E-state index >= 15 is 0 Å². The van der Waals surface area contributed by atoms with Gasteiger partial charge in [-0.3, -0.25) is 0 Å². The van der Waals surface area contributed by atoms with Gasteiger partial charge in [0.1, 0.15) is 5.75 Å². The number of nitrogen functional groups attached to an aromatic ring is 1. The van der Waals surface area contributed by atoms with Crippen LogP contribution in [-0.2, 0) is 4.74 Å². The summed E-state index contributed by atoms with van der Waals surface area (Å²) in [5.41, 5.74) is 6.23. The van der Waals surface area contributed by atoms with Crippen molar-refractivity contribution in [3.05, 3.63) is 24.3 Å². The zero-order valence-electron chi connectivity index (χ0n) is 9.45. The van der Waals surface area contributed by atoms with E-state index in [9.17, 15) is 5.11 Å². The molecule has 0 amide bonds. The monoisotopic (exact) mass is 239 g/mol. The number of nitrogens with two attached hydrogens (primary N) is 1. The lowest BCUT2D eigenvalue weighted by Crippen LogP contribution is -2.40. The van der Waals surface area contributed by atoms with Gasteiger partial charge in [0.2, 0.25) is 6.29 Å². The third-order valence-corrected chi connectivity index (χ3v) is 2.69. The van der Waals surface area contributed by atoms with Gasteiger partial charge in [0.25, 0.3) is 0 Å². The van der Waals surface area contributed by atoms with Gasteiger partial charge in [-0.05, 0) is 24.3 Å². The Morgan fingerprint density at radius 1 is 1.29 bits per heavy atom. The first kappa shape index (κ1) is 12.2. The predicted molar refractivity (Wildman–Crippen MR) is 62.5 cm³/mol. The molecule has 5 nitrogen and oxygen atoms in total. The maximum atomic E-state index is 9.61. The highest BCUT2D eigenvalue weighted by molar-refractivity contribution is 5.41. The van der Waals surface area contributed by atoms with Gasteiger partial charge >= 0.3 is 0 Å². The summed E-state index contributed by atoms with van der Waals surface area (Å²) in [5, 5.41) is 18.6. The third-order valence-electron chi connectivity index (χ3n) is 2.69. The lowest BCUT2D eigenvalue weighted by molar-refractivity contribution is -0.184. The van der Waals surface area contributed by atoms with E-state index in [-0.39, 0.29) is 12.7 Å². The van der Waals surface area contributed by atoms with Gasteiger partial charge in [-0.2, -0.15) is 0 Å². The molecule has 5 heteroatoms. The summed E-state index contributed by atoms with van der Waals surface area (Å²) in [7, 11) is 0. The number of benzene rings is 1. The molecule has 0 spiro atoms. The summed E-state index contributed by atoms with van der Waals surface area (Å²) < 4.78 is 11.0. The zero-order chi connectivity index (χ0) is 12.3. The largest absolute Gasteiger partial charge is 0.465 e. The van der Waals surface area contributed by atoms with Crippen molar-refractivity contribution in [2.24, 2.45) is 0 Å². The first-order valence-electron chi connectivity index (χ1n) is 5.64. The van der Waals surface area contributed by atoms with Crippen LogP contribution < -0.4 is 10.5 Å². The summed E-state index contributed by atoms with van der Waals surface area (Å²) in [5.74, 6) is 0.634. The standard InChI is InChI=1S/C12H17NO4/c13-8-1-3-10(4-2-8)16-12-6-9(15)5-11(7-14)17-12/h1-4,9,11-12,14-15H,5-7,13H2/t9?,11-,12+/m0/s1. The summed E-state index contributed by atoms with van der Waals surface area (Å²) >= 11 is 0. The maximum Gasteiger partial charge on any atom is 0.202 e. The molecule has 0 aliphatic carbocycles. The van der Waals surface area contributed by atoms with Crippen molar-refractivity contribution in [1.82, 2.24) is 0 Å². The van der Waals surface area contributed by atoms with Crippen LogP contribution in [-0.4, -0.2) is 35.3 Å². The van der Waals surface area contributed by atoms with E-state index < -0.39 is 12.4 Å². The number of aliphatic hydroxyl groups excluding tert-OH is 2. The molecule has 0 saturated carbocycles. The molecule has 94 valence electrons. The quantitative estimate of drug-likeness (QED) is 0.669. The molecule has 1 aromatic carbocycles. The van der Waals surface area contributed by atoms with Crippen LogP contribution in [0.3, 0.4) is 0 Å². The molecule has 0 radical (unpaired) electrons. The Morgan fingerprint density at radius 3 is 2.65 bits per heavy atom. The Labute approximate surface area is 99.8 Å². The average Bonchev–Trinajstić information content (AvgIpc) is 2.31. The predicted octanol–water partition coefficient (Wildman–Crippen LogP) is 0.506. The van der Waals surface area contributed by atoms with Crippen molar-refractivity contribution in [3.8, 4) is 5.75 Å². The molecule has 1 saturated heterocycles. The molecule has 1 aromatic rings. The Hall–Kier alpha value is -1.30. The third kappa shape index (κ3) is 3.33. The van der Waals surface area contributed by atoms with E-state index in [1.54, 1.807) is 24.3 Å². The smallest absolute Gasteiger partial charge is 0.202 e. The van der Waals surface area contributed by atoms with Gasteiger partial charge in [0.15, 0.2) is 0 Å². The van der Waals surface area contributed by atoms with E-state index in [2.05, 4.69) is 0 Å². The Balaban J connectivity index is 1.95. The van der Waals surface area contributed by atoms with E-state index in [4.69, 9.17) is 20.3 Å². The molecular formula is C12H17NO4. The first-order valence-corrected chi connectivity index (χ1v) is 5.64. The average molecular weight is 239 g/mol. The van der Waals surface area contributed by atoms with Crippen LogP contribution in [0.25, 0.3) is 0 Å². The Bertz CT molecular complexity index is 354. The highest BCUT2D eigenvalue weighted by Gasteiger charge is 2.29.